The van der Waals surface area contributed by atoms with Crippen LogP contribution in [0.4, 0.5) is 0 Å². The molecular formula is C20H19N5O. The van der Waals surface area contributed by atoms with Crippen molar-refractivity contribution in [2.24, 2.45) is 12.8 Å². The predicted octanol–water partition coefficient (Wildman–Crippen LogP) is 2.99. The standard InChI is InChI=1S/C20H19N5O/c1-3-13-4-7-16(20-22-11-14(10-21)12-23-20)18(8-13)26-19-9-17(15-5-6-15)24-25(19)2/h1,4,7-9,11-12,15H,5-6,10,21H2,2H3. The Kier molecular flexibility index (Phi) is 4.15. The summed E-state index contributed by atoms with van der Waals surface area (Å²) < 4.78 is 7.90. The first-order valence-corrected chi connectivity index (χ1v) is 8.51. The number of aromatic nitrogens is 4. The summed E-state index contributed by atoms with van der Waals surface area (Å²) in [6.45, 7) is 0.401. The second kappa shape index (κ2) is 6.62. The molecule has 0 atom stereocenters. The lowest BCUT2D eigenvalue weighted by Gasteiger charge is -2.11. The number of benzene rings is 1. The molecule has 0 unspecified atom stereocenters. The van der Waals surface area contributed by atoms with Crippen LogP contribution in [0.15, 0.2) is 36.7 Å². The van der Waals surface area contributed by atoms with Gasteiger partial charge < -0.3 is 10.5 Å². The van der Waals surface area contributed by atoms with Gasteiger partial charge in [0.05, 0.1) is 11.3 Å². The largest absolute Gasteiger partial charge is 0.438 e. The average molecular weight is 345 g/mol. The van der Waals surface area contributed by atoms with E-state index in [1.807, 2.05) is 31.3 Å². The van der Waals surface area contributed by atoms with E-state index >= 15 is 0 Å². The third-order valence-corrected chi connectivity index (χ3v) is 4.40. The SMILES string of the molecule is C#Cc1ccc(-c2ncc(CN)cn2)c(Oc2cc(C3CC3)nn2C)c1. The number of terminal acetylenes is 1. The molecule has 3 aromatic rings. The maximum Gasteiger partial charge on any atom is 0.217 e. The van der Waals surface area contributed by atoms with Gasteiger partial charge in [0.15, 0.2) is 5.82 Å². The number of aryl methyl sites for hydroxylation is 1. The van der Waals surface area contributed by atoms with E-state index in [9.17, 15) is 0 Å². The van der Waals surface area contributed by atoms with Crippen LogP contribution >= 0.6 is 0 Å². The molecule has 1 aromatic carbocycles. The van der Waals surface area contributed by atoms with E-state index in [1.54, 1.807) is 17.1 Å². The summed E-state index contributed by atoms with van der Waals surface area (Å²) in [5, 5.41) is 4.54. The van der Waals surface area contributed by atoms with Crippen LogP contribution in [0.3, 0.4) is 0 Å². The molecule has 1 saturated carbocycles. The van der Waals surface area contributed by atoms with Gasteiger partial charge in [0.1, 0.15) is 5.75 Å². The maximum absolute atomic E-state index is 6.15. The number of rotatable bonds is 5. The number of nitrogens with two attached hydrogens (primary N) is 1. The summed E-state index contributed by atoms with van der Waals surface area (Å²) >= 11 is 0. The van der Waals surface area contributed by atoms with Crippen LogP contribution in [0.2, 0.25) is 0 Å². The minimum atomic E-state index is 0.401. The molecule has 2 heterocycles. The molecule has 1 fully saturated rings. The lowest BCUT2D eigenvalue weighted by molar-refractivity contribution is 0.431. The third kappa shape index (κ3) is 3.17. The molecule has 0 spiro atoms. The topological polar surface area (TPSA) is 78.8 Å². The lowest BCUT2D eigenvalue weighted by Crippen LogP contribution is -2.01. The van der Waals surface area contributed by atoms with Crippen LogP contribution in [-0.4, -0.2) is 19.7 Å². The Labute approximate surface area is 152 Å². The summed E-state index contributed by atoms with van der Waals surface area (Å²) in [5.74, 6) is 5.03. The summed E-state index contributed by atoms with van der Waals surface area (Å²) in [4.78, 5) is 8.80. The monoisotopic (exact) mass is 345 g/mol. The van der Waals surface area contributed by atoms with Crippen LogP contribution in [0.25, 0.3) is 11.4 Å². The van der Waals surface area contributed by atoms with Crippen LogP contribution in [0.1, 0.15) is 35.6 Å². The Bertz CT molecular complexity index is 980. The minimum absolute atomic E-state index is 0.401. The van der Waals surface area contributed by atoms with Gasteiger partial charge in [0, 0.05) is 49.1 Å². The van der Waals surface area contributed by atoms with Crippen molar-refractivity contribution in [1.29, 1.82) is 0 Å². The first kappa shape index (κ1) is 16.3. The summed E-state index contributed by atoms with van der Waals surface area (Å²) in [6, 6.07) is 7.53. The summed E-state index contributed by atoms with van der Waals surface area (Å²) in [6.07, 6.45) is 11.4. The minimum Gasteiger partial charge on any atom is -0.438 e. The second-order valence-corrected chi connectivity index (χ2v) is 6.38. The van der Waals surface area contributed by atoms with Crippen molar-refractivity contribution in [2.75, 3.05) is 0 Å². The number of nitrogens with zero attached hydrogens (tertiary/aromatic N) is 4. The molecule has 1 aliphatic rings. The first-order valence-electron chi connectivity index (χ1n) is 8.51. The highest BCUT2D eigenvalue weighted by molar-refractivity contribution is 5.66. The maximum atomic E-state index is 6.15. The van der Waals surface area contributed by atoms with Gasteiger partial charge >= 0.3 is 0 Å². The number of ether oxygens (including phenoxy) is 1. The van der Waals surface area contributed by atoms with Crippen molar-refractivity contribution in [3.63, 3.8) is 0 Å². The van der Waals surface area contributed by atoms with Crippen LogP contribution in [-0.2, 0) is 13.6 Å². The predicted molar refractivity (Wildman–Crippen MR) is 98.6 cm³/mol. The molecule has 0 bridgehead atoms. The molecule has 2 aromatic heterocycles. The summed E-state index contributed by atoms with van der Waals surface area (Å²) in [5.41, 5.74) is 9.06. The molecular weight excluding hydrogens is 326 g/mol. The van der Waals surface area contributed by atoms with Crippen LogP contribution in [0.5, 0.6) is 11.6 Å². The Hall–Kier alpha value is -3.17. The molecule has 4 rings (SSSR count). The third-order valence-electron chi connectivity index (χ3n) is 4.40. The molecule has 0 saturated heterocycles. The molecule has 26 heavy (non-hydrogen) atoms. The quantitative estimate of drug-likeness (QED) is 0.719. The van der Waals surface area contributed by atoms with Crippen LogP contribution in [0, 0.1) is 12.3 Å². The molecule has 2 N–H and O–H groups in total. The molecule has 6 nitrogen and oxygen atoms in total. The molecule has 0 radical (unpaired) electrons. The molecule has 0 amide bonds. The molecule has 130 valence electrons. The zero-order chi connectivity index (χ0) is 18.1. The normalized spacial score (nSPS) is 13.4. The van der Waals surface area contributed by atoms with Gasteiger partial charge in [0.2, 0.25) is 5.88 Å². The molecule has 0 aliphatic heterocycles. The molecule has 6 heteroatoms. The van der Waals surface area contributed by atoms with Gasteiger partial charge in [0.25, 0.3) is 0 Å². The Morgan fingerprint density at radius 1 is 1.27 bits per heavy atom. The van der Waals surface area contributed by atoms with E-state index in [0.29, 0.717) is 29.9 Å². The number of hydrogen-bond donors (Lipinski definition) is 1. The Morgan fingerprint density at radius 3 is 2.69 bits per heavy atom. The average Bonchev–Trinajstić information content (AvgIpc) is 3.46. The van der Waals surface area contributed by atoms with Crippen molar-refractivity contribution in [3.8, 4) is 35.4 Å². The van der Waals surface area contributed by atoms with E-state index in [4.69, 9.17) is 16.9 Å². The van der Waals surface area contributed by atoms with Gasteiger partial charge in [-0.25, -0.2) is 14.6 Å². The zero-order valence-electron chi connectivity index (χ0n) is 14.5. The van der Waals surface area contributed by atoms with E-state index in [-0.39, 0.29) is 0 Å². The fraction of sp³-hybridized carbons (Fsp3) is 0.250. The van der Waals surface area contributed by atoms with Crippen molar-refractivity contribution in [3.05, 3.63) is 53.5 Å². The van der Waals surface area contributed by atoms with Crippen molar-refractivity contribution >= 4 is 0 Å². The van der Waals surface area contributed by atoms with E-state index < -0.39 is 0 Å². The van der Waals surface area contributed by atoms with Crippen LogP contribution < -0.4 is 10.5 Å². The fourth-order valence-electron chi connectivity index (χ4n) is 2.74. The smallest absolute Gasteiger partial charge is 0.217 e. The van der Waals surface area contributed by atoms with Crippen molar-refractivity contribution in [2.45, 2.75) is 25.3 Å². The van der Waals surface area contributed by atoms with E-state index in [0.717, 1.165) is 22.4 Å². The van der Waals surface area contributed by atoms with E-state index in [1.165, 1.54) is 12.8 Å². The van der Waals surface area contributed by atoms with Crippen molar-refractivity contribution < 1.29 is 4.74 Å². The van der Waals surface area contributed by atoms with E-state index in [2.05, 4.69) is 21.0 Å². The highest BCUT2D eigenvalue weighted by Gasteiger charge is 2.27. The van der Waals surface area contributed by atoms with Gasteiger partial charge in [-0.05, 0) is 31.0 Å². The highest BCUT2D eigenvalue weighted by atomic mass is 16.5. The van der Waals surface area contributed by atoms with Gasteiger partial charge in [-0.1, -0.05) is 5.92 Å². The second-order valence-electron chi connectivity index (χ2n) is 6.38. The summed E-state index contributed by atoms with van der Waals surface area (Å²) in [7, 11) is 1.87. The number of hydrogen-bond acceptors (Lipinski definition) is 5. The highest BCUT2D eigenvalue weighted by Crippen LogP contribution is 2.41. The van der Waals surface area contributed by atoms with Crippen molar-refractivity contribution in [1.82, 2.24) is 19.7 Å². The zero-order valence-corrected chi connectivity index (χ0v) is 14.5. The van der Waals surface area contributed by atoms with Gasteiger partial charge in [-0.3, -0.25) is 0 Å². The molecule has 1 aliphatic carbocycles. The first-order chi connectivity index (χ1) is 12.7. The fourth-order valence-corrected chi connectivity index (χ4v) is 2.74. The Morgan fingerprint density at radius 2 is 2.04 bits per heavy atom. The Balaban J connectivity index is 1.72. The van der Waals surface area contributed by atoms with Gasteiger partial charge in [-0.15, -0.1) is 6.42 Å². The lowest BCUT2D eigenvalue weighted by atomic mass is 10.1. The van der Waals surface area contributed by atoms with Gasteiger partial charge in [-0.2, -0.15) is 5.10 Å².